The monoisotopic (exact) mass is 343 g/mol. The van der Waals surface area contributed by atoms with Crippen LogP contribution in [-0.2, 0) is 10.8 Å². The zero-order valence-electron chi connectivity index (χ0n) is 11.2. The topological polar surface area (TPSA) is 52.3 Å². The van der Waals surface area contributed by atoms with E-state index in [-0.39, 0.29) is 0 Å². The maximum absolute atomic E-state index is 12.2. The Bertz CT molecular complexity index is 649. The van der Waals surface area contributed by atoms with Gasteiger partial charge in [0.1, 0.15) is 5.75 Å². The van der Waals surface area contributed by atoms with Gasteiger partial charge in [0.15, 0.2) is 0 Å². The highest BCUT2D eigenvalue weighted by atomic mass is 35.5. The molecule has 2 aromatic rings. The zero-order valence-corrected chi connectivity index (χ0v) is 13.5. The third-order valence-corrected chi connectivity index (χ3v) is 4.95. The lowest BCUT2D eigenvalue weighted by Crippen LogP contribution is -2.06. The van der Waals surface area contributed by atoms with Crippen molar-refractivity contribution in [3.8, 4) is 5.75 Å². The first-order chi connectivity index (χ1) is 10.1. The highest BCUT2D eigenvalue weighted by Crippen LogP contribution is 2.24. The molecule has 0 aromatic heterocycles. The number of hydrogen-bond donors (Lipinski definition) is 1. The van der Waals surface area contributed by atoms with E-state index >= 15 is 0 Å². The van der Waals surface area contributed by atoms with E-state index < -0.39 is 10.8 Å². The van der Waals surface area contributed by atoms with E-state index in [2.05, 4.69) is 0 Å². The Hall–Kier alpha value is -1.23. The minimum atomic E-state index is -1.20. The average molecular weight is 344 g/mol. The van der Waals surface area contributed by atoms with Crippen molar-refractivity contribution in [1.29, 1.82) is 0 Å². The molecule has 2 rings (SSSR count). The van der Waals surface area contributed by atoms with E-state index in [9.17, 15) is 4.21 Å². The third-order valence-electron chi connectivity index (χ3n) is 2.79. The van der Waals surface area contributed by atoms with Gasteiger partial charge in [-0.05, 0) is 36.8 Å². The van der Waals surface area contributed by atoms with Gasteiger partial charge in [-0.25, -0.2) is 0 Å². The zero-order chi connectivity index (χ0) is 15.2. The summed E-state index contributed by atoms with van der Waals surface area (Å²) in [6.45, 7) is 0.443. The number of nitrogens with two attached hydrogens (primary N) is 1. The van der Waals surface area contributed by atoms with Crippen molar-refractivity contribution < 1.29 is 8.95 Å². The summed E-state index contributed by atoms with van der Waals surface area (Å²) in [5.74, 6) is 1.09. The van der Waals surface area contributed by atoms with Gasteiger partial charge in [-0.15, -0.1) is 0 Å². The molecule has 21 heavy (non-hydrogen) atoms. The fraction of sp³-hybridized carbons (Fsp3) is 0.200. The van der Waals surface area contributed by atoms with Gasteiger partial charge < -0.3 is 10.5 Å². The molecular weight excluding hydrogens is 329 g/mol. The number of anilines is 1. The van der Waals surface area contributed by atoms with Gasteiger partial charge in [0, 0.05) is 10.8 Å². The van der Waals surface area contributed by atoms with Crippen molar-refractivity contribution in [3.63, 3.8) is 0 Å². The van der Waals surface area contributed by atoms with Crippen molar-refractivity contribution >= 4 is 39.7 Å². The van der Waals surface area contributed by atoms with Crippen molar-refractivity contribution in [3.05, 3.63) is 52.5 Å². The molecule has 0 saturated heterocycles. The molecule has 2 aromatic carbocycles. The number of benzene rings is 2. The van der Waals surface area contributed by atoms with Crippen LogP contribution in [0.15, 0.2) is 47.4 Å². The smallest absolute Gasteiger partial charge is 0.142 e. The summed E-state index contributed by atoms with van der Waals surface area (Å²) in [5.41, 5.74) is 6.37. The number of para-hydroxylation sites is 2. The fourth-order valence-electron chi connectivity index (χ4n) is 1.75. The van der Waals surface area contributed by atoms with E-state index in [1.54, 1.807) is 30.3 Å². The molecule has 2 N–H and O–H groups in total. The Morgan fingerprint density at radius 3 is 2.67 bits per heavy atom. The second kappa shape index (κ2) is 7.69. The number of hydrogen-bond acceptors (Lipinski definition) is 3. The molecule has 112 valence electrons. The van der Waals surface area contributed by atoms with Crippen LogP contribution in [-0.4, -0.2) is 16.6 Å². The van der Waals surface area contributed by atoms with E-state index in [1.165, 1.54) is 0 Å². The quantitative estimate of drug-likeness (QED) is 0.633. The summed E-state index contributed by atoms with van der Waals surface area (Å²) < 4.78 is 17.7. The molecule has 0 aliphatic rings. The van der Waals surface area contributed by atoms with E-state index in [0.717, 1.165) is 0 Å². The minimum Gasteiger partial charge on any atom is -0.491 e. The molecule has 6 heteroatoms. The van der Waals surface area contributed by atoms with Crippen LogP contribution in [0.5, 0.6) is 5.75 Å². The predicted octanol–water partition coefficient (Wildman–Crippen LogP) is 4.15. The second-order valence-corrected chi connectivity index (χ2v) is 6.75. The summed E-state index contributed by atoms with van der Waals surface area (Å²) >= 11 is 11.9. The minimum absolute atomic E-state index is 0.443. The predicted molar refractivity (Wildman–Crippen MR) is 88.7 cm³/mol. The number of halogens is 2. The van der Waals surface area contributed by atoms with Crippen LogP contribution in [0.4, 0.5) is 5.69 Å². The SMILES string of the molecule is Nc1ccccc1OCCCS(=O)c1cc(Cl)ccc1Cl. The van der Waals surface area contributed by atoms with Crippen LogP contribution >= 0.6 is 23.2 Å². The molecule has 3 nitrogen and oxygen atoms in total. The lowest BCUT2D eigenvalue weighted by molar-refractivity contribution is 0.320. The third kappa shape index (κ3) is 4.63. The summed E-state index contributed by atoms with van der Waals surface area (Å²) in [7, 11) is -1.20. The molecule has 1 atom stereocenters. The van der Waals surface area contributed by atoms with E-state index in [4.69, 9.17) is 33.7 Å². The van der Waals surface area contributed by atoms with Crippen molar-refractivity contribution in [2.75, 3.05) is 18.1 Å². The maximum atomic E-state index is 12.2. The molecule has 0 radical (unpaired) electrons. The van der Waals surface area contributed by atoms with Crippen LogP contribution in [0.25, 0.3) is 0 Å². The van der Waals surface area contributed by atoms with E-state index in [1.807, 2.05) is 12.1 Å². The lowest BCUT2D eigenvalue weighted by Gasteiger charge is -2.09. The van der Waals surface area contributed by atoms with Crippen molar-refractivity contribution in [2.45, 2.75) is 11.3 Å². The number of rotatable bonds is 6. The maximum Gasteiger partial charge on any atom is 0.142 e. The Kier molecular flexibility index (Phi) is 5.91. The molecule has 1 unspecified atom stereocenters. The Labute approximate surface area is 136 Å². The van der Waals surface area contributed by atoms with Gasteiger partial charge in [-0.3, -0.25) is 4.21 Å². The van der Waals surface area contributed by atoms with Gasteiger partial charge in [0.05, 0.1) is 33.0 Å². The largest absolute Gasteiger partial charge is 0.491 e. The normalized spacial score (nSPS) is 12.1. The standard InChI is InChI=1S/C15H15Cl2NO2S/c16-11-6-7-12(17)15(10-11)21(19)9-3-8-20-14-5-2-1-4-13(14)18/h1-2,4-7,10H,3,8-9,18H2. The van der Waals surface area contributed by atoms with Crippen LogP contribution in [0.1, 0.15) is 6.42 Å². The first-order valence-electron chi connectivity index (χ1n) is 6.38. The van der Waals surface area contributed by atoms with Crippen LogP contribution < -0.4 is 10.5 Å². The molecule has 0 fully saturated rings. The highest BCUT2D eigenvalue weighted by Gasteiger charge is 2.09. The van der Waals surface area contributed by atoms with Crippen LogP contribution in [0.2, 0.25) is 10.0 Å². The first-order valence-corrected chi connectivity index (χ1v) is 8.46. The van der Waals surface area contributed by atoms with Crippen LogP contribution in [0.3, 0.4) is 0 Å². The highest BCUT2D eigenvalue weighted by molar-refractivity contribution is 7.85. The molecule has 0 bridgehead atoms. The fourth-order valence-corrected chi connectivity index (χ4v) is 3.50. The van der Waals surface area contributed by atoms with Crippen LogP contribution in [0, 0.1) is 0 Å². The summed E-state index contributed by atoms with van der Waals surface area (Å²) in [4.78, 5) is 0.559. The van der Waals surface area contributed by atoms with Gasteiger partial charge in [-0.2, -0.15) is 0 Å². The molecule has 0 aliphatic carbocycles. The van der Waals surface area contributed by atoms with Gasteiger partial charge in [0.2, 0.25) is 0 Å². The van der Waals surface area contributed by atoms with Gasteiger partial charge in [0.25, 0.3) is 0 Å². The molecule has 0 spiro atoms. The molecule has 0 aliphatic heterocycles. The summed E-state index contributed by atoms with van der Waals surface area (Å²) in [6, 6.07) is 12.2. The summed E-state index contributed by atoms with van der Waals surface area (Å²) in [5, 5.41) is 0.988. The van der Waals surface area contributed by atoms with Gasteiger partial charge >= 0.3 is 0 Å². The Morgan fingerprint density at radius 1 is 1.14 bits per heavy atom. The van der Waals surface area contributed by atoms with Crippen molar-refractivity contribution in [2.24, 2.45) is 0 Å². The Balaban J connectivity index is 1.85. The lowest BCUT2D eigenvalue weighted by atomic mass is 10.3. The summed E-state index contributed by atoms with van der Waals surface area (Å²) in [6.07, 6.45) is 0.629. The average Bonchev–Trinajstić information content (AvgIpc) is 2.47. The Morgan fingerprint density at radius 2 is 1.90 bits per heavy atom. The first kappa shape index (κ1) is 16.1. The second-order valence-electron chi connectivity index (χ2n) is 4.36. The molecular formula is C15H15Cl2NO2S. The van der Waals surface area contributed by atoms with Gasteiger partial charge in [-0.1, -0.05) is 35.3 Å². The number of nitrogen functional groups attached to an aromatic ring is 1. The van der Waals surface area contributed by atoms with Crippen molar-refractivity contribution in [1.82, 2.24) is 0 Å². The molecule has 0 amide bonds. The number of ether oxygens (including phenoxy) is 1. The molecule has 0 heterocycles. The van der Waals surface area contributed by atoms with E-state index in [0.29, 0.717) is 45.2 Å². The molecule has 0 saturated carbocycles.